The number of rotatable bonds is 5. The van der Waals surface area contributed by atoms with Crippen molar-refractivity contribution in [1.29, 1.82) is 0 Å². The Morgan fingerprint density at radius 3 is 2.59 bits per heavy atom. The van der Waals surface area contributed by atoms with Gasteiger partial charge in [0.2, 0.25) is 21.8 Å². The lowest BCUT2D eigenvalue weighted by atomic mass is 10.3. The number of nitrogens with zero attached hydrogens (tertiary/aromatic N) is 3. The molecular formula is C16H18Cl2N4O4S. The largest absolute Gasteiger partial charge is 0.338 e. The molecule has 1 fully saturated rings. The van der Waals surface area contributed by atoms with Crippen molar-refractivity contribution in [3.8, 4) is 0 Å². The molecular weight excluding hydrogens is 415 g/mol. The van der Waals surface area contributed by atoms with Gasteiger partial charge in [-0.1, -0.05) is 34.4 Å². The van der Waals surface area contributed by atoms with E-state index in [0.29, 0.717) is 18.8 Å². The van der Waals surface area contributed by atoms with E-state index in [-0.39, 0.29) is 46.4 Å². The molecule has 0 unspecified atom stereocenters. The maximum atomic E-state index is 12.8. The molecule has 1 N–H and O–H groups in total. The van der Waals surface area contributed by atoms with Crippen molar-refractivity contribution in [3.05, 3.63) is 40.0 Å². The van der Waals surface area contributed by atoms with Gasteiger partial charge >= 0.3 is 0 Å². The first-order valence-electron chi connectivity index (χ1n) is 8.17. The van der Waals surface area contributed by atoms with E-state index in [1.807, 2.05) is 4.90 Å². The zero-order valence-corrected chi connectivity index (χ0v) is 16.8. The molecule has 0 atom stereocenters. The van der Waals surface area contributed by atoms with Crippen molar-refractivity contribution in [2.24, 2.45) is 0 Å². The second kappa shape index (κ2) is 8.15. The standard InChI is InChI=1S/C16H18Cl2N4O4S/c1-11-9-15(26-20-11)19-14(23)10-21-5-7-22(8-6-21)27(24,25)13-4-2-3-12(17)16(13)18/h2-4,9H,5-8,10H2,1H3,(H,19,23). The van der Waals surface area contributed by atoms with E-state index < -0.39 is 10.0 Å². The average molecular weight is 433 g/mol. The first-order valence-corrected chi connectivity index (χ1v) is 10.4. The Morgan fingerprint density at radius 1 is 1.26 bits per heavy atom. The molecule has 0 saturated carbocycles. The molecule has 146 valence electrons. The second-order valence-corrected chi connectivity index (χ2v) is 8.80. The van der Waals surface area contributed by atoms with Crippen LogP contribution in [0.15, 0.2) is 33.7 Å². The third-order valence-electron chi connectivity index (χ3n) is 4.12. The molecule has 1 aromatic carbocycles. The fourth-order valence-electron chi connectivity index (χ4n) is 2.75. The van der Waals surface area contributed by atoms with Crippen molar-refractivity contribution in [3.63, 3.8) is 0 Å². The Bertz CT molecular complexity index is 940. The molecule has 1 amide bonds. The molecule has 1 aliphatic rings. The number of hydrogen-bond donors (Lipinski definition) is 1. The van der Waals surface area contributed by atoms with E-state index in [1.54, 1.807) is 19.1 Å². The number of nitrogens with one attached hydrogen (secondary N) is 1. The molecule has 27 heavy (non-hydrogen) atoms. The molecule has 0 bridgehead atoms. The first kappa shape index (κ1) is 20.1. The molecule has 8 nitrogen and oxygen atoms in total. The highest BCUT2D eigenvalue weighted by Gasteiger charge is 2.31. The summed E-state index contributed by atoms with van der Waals surface area (Å²) in [4.78, 5) is 13.9. The Labute approximate surface area is 167 Å². The number of anilines is 1. The van der Waals surface area contributed by atoms with Gasteiger partial charge in [-0.2, -0.15) is 4.31 Å². The highest BCUT2D eigenvalue weighted by Crippen LogP contribution is 2.31. The van der Waals surface area contributed by atoms with Gasteiger partial charge in [0.25, 0.3) is 0 Å². The molecule has 2 heterocycles. The molecule has 1 saturated heterocycles. The van der Waals surface area contributed by atoms with Crippen molar-refractivity contribution in [2.75, 3.05) is 38.0 Å². The highest BCUT2D eigenvalue weighted by molar-refractivity contribution is 7.89. The third-order valence-corrected chi connectivity index (χ3v) is 7.00. The lowest BCUT2D eigenvalue weighted by Gasteiger charge is -2.33. The van der Waals surface area contributed by atoms with Gasteiger partial charge in [-0.3, -0.25) is 15.0 Å². The first-order chi connectivity index (χ1) is 12.8. The zero-order valence-electron chi connectivity index (χ0n) is 14.5. The van der Waals surface area contributed by atoms with E-state index in [2.05, 4.69) is 10.5 Å². The smallest absolute Gasteiger partial charge is 0.244 e. The maximum absolute atomic E-state index is 12.8. The Hall–Kier alpha value is -1.65. The molecule has 11 heteroatoms. The van der Waals surface area contributed by atoms with Gasteiger partial charge in [-0.15, -0.1) is 0 Å². The number of amides is 1. The minimum Gasteiger partial charge on any atom is -0.338 e. The molecule has 1 aliphatic heterocycles. The zero-order chi connectivity index (χ0) is 19.6. The third kappa shape index (κ3) is 4.61. The van der Waals surface area contributed by atoms with Gasteiger partial charge in [0, 0.05) is 32.2 Å². The fourth-order valence-corrected chi connectivity index (χ4v) is 4.91. The summed E-state index contributed by atoms with van der Waals surface area (Å²) in [5, 5.41) is 6.52. The van der Waals surface area contributed by atoms with Crippen LogP contribution in [0.3, 0.4) is 0 Å². The van der Waals surface area contributed by atoms with Gasteiger partial charge in [-0.05, 0) is 19.1 Å². The van der Waals surface area contributed by atoms with Crippen molar-refractivity contribution in [1.82, 2.24) is 14.4 Å². The van der Waals surface area contributed by atoms with Gasteiger partial charge < -0.3 is 4.52 Å². The molecule has 1 aromatic heterocycles. The number of aromatic nitrogens is 1. The van der Waals surface area contributed by atoms with Crippen LogP contribution in [0.4, 0.5) is 5.88 Å². The summed E-state index contributed by atoms with van der Waals surface area (Å²) in [5.41, 5.74) is 0.670. The normalized spacial score (nSPS) is 16.4. The predicted octanol–water partition coefficient (Wildman–Crippen LogP) is 2.23. The summed E-state index contributed by atoms with van der Waals surface area (Å²) in [6, 6.07) is 6.14. The van der Waals surface area contributed by atoms with Gasteiger partial charge in [0.1, 0.15) is 4.90 Å². The minimum absolute atomic E-state index is 0.0106. The second-order valence-electron chi connectivity index (χ2n) is 6.11. The van der Waals surface area contributed by atoms with E-state index in [4.69, 9.17) is 27.7 Å². The molecule has 2 aromatic rings. The van der Waals surface area contributed by atoms with E-state index in [9.17, 15) is 13.2 Å². The Balaban J connectivity index is 1.58. The molecule has 0 radical (unpaired) electrons. The predicted molar refractivity (Wildman–Crippen MR) is 102 cm³/mol. The average Bonchev–Trinajstić information content (AvgIpc) is 3.02. The van der Waals surface area contributed by atoms with Crippen LogP contribution in [-0.2, 0) is 14.8 Å². The topological polar surface area (TPSA) is 95.8 Å². The number of aryl methyl sites for hydroxylation is 1. The van der Waals surface area contributed by atoms with E-state index >= 15 is 0 Å². The molecule has 0 aliphatic carbocycles. The quantitative estimate of drug-likeness (QED) is 0.777. The van der Waals surface area contributed by atoms with Crippen LogP contribution in [0.25, 0.3) is 0 Å². The van der Waals surface area contributed by atoms with E-state index in [0.717, 1.165) is 0 Å². The van der Waals surface area contributed by atoms with Crippen LogP contribution in [0.5, 0.6) is 0 Å². The van der Waals surface area contributed by atoms with Gasteiger partial charge in [-0.25, -0.2) is 8.42 Å². The summed E-state index contributed by atoms with van der Waals surface area (Å²) in [6.45, 7) is 3.22. The van der Waals surface area contributed by atoms with Crippen LogP contribution in [0, 0.1) is 6.92 Å². The molecule has 3 rings (SSSR count). The number of hydrogen-bond acceptors (Lipinski definition) is 6. The van der Waals surface area contributed by atoms with Crippen molar-refractivity contribution in [2.45, 2.75) is 11.8 Å². The Morgan fingerprint density at radius 2 is 1.96 bits per heavy atom. The van der Waals surface area contributed by atoms with Crippen LogP contribution in [0.2, 0.25) is 10.0 Å². The van der Waals surface area contributed by atoms with Gasteiger partial charge in [0.05, 0.1) is 22.3 Å². The van der Waals surface area contributed by atoms with E-state index in [1.165, 1.54) is 16.4 Å². The van der Waals surface area contributed by atoms with Crippen LogP contribution in [0.1, 0.15) is 5.69 Å². The number of sulfonamides is 1. The number of piperazine rings is 1. The summed E-state index contributed by atoms with van der Waals surface area (Å²) in [6.07, 6.45) is 0. The van der Waals surface area contributed by atoms with Crippen molar-refractivity contribution < 1.29 is 17.7 Å². The summed E-state index contributed by atoms with van der Waals surface area (Å²) in [5.74, 6) is 0.0367. The number of halogens is 2. The highest BCUT2D eigenvalue weighted by atomic mass is 35.5. The summed E-state index contributed by atoms with van der Waals surface area (Å²) in [7, 11) is -3.75. The van der Waals surface area contributed by atoms with Crippen LogP contribution < -0.4 is 5.32 Å². The minimum atomic E-state index is -3.75. The Kier molecular flexibility index (Phi) is 6.07. The maximum Gasteiger partial charge on any atom is 0.244 e. The monoisotopic (exact) mass is 432 g/mol. The fraction of sp³-hybridized carbons (Fsp3) is 0.375. The van der Waals surface area contributed by atoms with Gasteiger partial charge in [0.15, 0.2) is 0 Å². The van der Waals surface area contributed by atoms with Crippen LogP contribution >= 0.6 is 23.2 Å². The van der Waals surface area contributed by atoms with Crippen LogP contribution in [-0.4, -0.2) is 61.4 Å². The summed E-state index contributed by atoms with van der Waals surface area (Å²) >= 11 is 12.0. The summed E-state index contributed by atoms with van der Waals surface area (Å²) < 4.78 is 31.9. The lowest BCUT2D eigenvalue weighted by molar-refractivity contribution is -0.117. The molecule has 0 spiro atoms. The number of carbonyl (C=O) groups excluding carboxylic acids is 1. The number of carbonyl (C=O) groups is 1. The lowest BCUT2D eigenvalue weighted by Crippen LogP contribution is -2.50. The SMILES string of the molecule is Cc1cc(NC(=O)CN2CCN(S(=O)(=O)c3cccc(Cl)c3Cl)CC2)on1. The number of benzene rings is 1. The van der Waals surface area contributed by atoms with Crippen molar-refractivity contribution >= 4 is 45.0 Å².